The molecule has 1 heterocycles. The van der Waals surface area contributed by atoms with Crippen LogP contribution < -0.4 is 10.4 Å². The summed E-state index contributed by atoms with van der Waals surface area (Å²) in [6, 6.07) is 21.4. The fourth-order valence-corrected chi connectivity index (χ4v) is 4.33. The number of hydrogen-bond donors (Lipinski definition) is 0. The number of carbonyl (C=O) groups excluding carboxylic acids is 1. The third-order valence-electron chi connectivity index (χ3n) is 6.01. The van der Waals surface area contributed by atoms with E-state index in [1.807, 2.05) is 73.7 Å². The van der Waals surface area contributed by atoms with E-state index in [1.165, 1.54) is 0 Å². The number of benzene rings is 3. The van der Waals surface area contributed by atoms with Crippen LogP contribution in [0.4, 0.5) is 0 Å². The summed E-state index contributed by atoms with van der Waals surface area (Å²) in [6.45, 7) is 1.79. The van der Waals surface area contributed by atoms with E-state index in [1.54, 1.807) is 0 Å². The van der Waals surface area contributed by atoms with Gasteiger partial charge in [-0.3, -0.25) is 4.79 Å². The van der Waals surface area contributed by atoms with Crippen molar-refractivity contribution in [2.24, 2.45) is 0 Å². The number of carbonyl (C=O) groups is 1. The highest BCUT2D eigenvalue weighted by atomic mass is 16.5. The zero-order valence-corrected chi connectivity index (χ0v) is 17.3. The fourth-order valence-electron chi connectivity index (χ4n) is 4.33. The van der Waals surface area contributed by atoms with Crippen LogP contribution in [0.15, 0.2) is 75.9 Å². The summed E-state index contributed by atoms with van der Waals surface area (Å²) in [5.41, 5.74) is 5.71. The number of hydrogen-bond acceptors (Lipinski definition) is 4. The van der Waals surface area contributed by atoms with Gasteiger partial charge in [0.2, 0.25) is 0 Å². The Morgan fingerprint density at radius 1 is 0.903 bits per heavy atom. The van der Waals surface area contributed by atoms with Gasteiger partial charge in [0.05, 0.1) is 0 Å². The Morgan fingerprint density at radius 2 is 1.61 bits per heavy atom. The van der Waals surface area contributed by atoms with Gasteiger partial charge in [-0.2, -0.15) is 0 Å². The molecule has 0 spiro atoms. The molecule has 1 aromatic heterocycles. The van der Waals surface area contributed by atoms with Gasteiger partial charge in [-0.15, -0.1) is 0 Å². The van der Waals surface area contributed by atoms with Crippen LogP contribution in [-0.4, -0.2) is 12.4 Å². The number of rotatable bonds is 5. The molecule has 0 radical (unpaired) electrons. The van der Waals surface area contributed by atoms with Crippen LogP contribution in [0.1, 0.15) is 33.5 Å². The number of ketones is 1. The molecule has 5 rings (SSSR count). The minimum absolute atomic E-state index is 0.0772. The van der Waals surface area contributed by atoms with E-state index in [-0.39, 0.29) is 18.0 Å². The van der Waals surface area contributed by atoms with Crippen molar-refractivity contribution >= 4 is 16.8 Å². The predicted octanol–water partition coefficient (Wildman–Crippen LogP) is 5.52. The Balaban J connectivity index is 1.35. The first-order valence-corrected chi connectivity index (χ1v) is 10.5. The molecular formula is C27H22O4. The minimum atomic E-state index is -0.255. The summed E-state index contributed by atoms with van der Waals surface area (Å²) in [7, 11) is 0. The molecule has 0 saturated heterocycles. The molecule has 154 valence electrons. The van der Waals surface area contributed by atoms with Crippen LogP contribution in [-0.2, 0) is 12.8 Å². The zero-order valence-electron chi connectivity index (χ0n) is 17.3. The maximum atomic E-state index is 12.6. The van der Waals surface area contributed by atoms with Gasteiger partial charge in [-0.1, -0.05) is 54.6 Å². The molecular weight excluding hydrogens is 388 g/mol. The van der Waals surface area contributed by atoms with E-state index in [9.17, 15) is 9.59 Å². The van der Waals surface area contributed by atoms with Gasteiger partial charge in [-0.05, 0) is 55.0 Å². The van der Waals surface area contributed by atoms with Crippen molar-refractivity contribution in [2.45, 2.75) is 26.2 Å². The zero-order chi connectivity index (χ0) is 21.4. The quantitative estimate of drug-likeness (QED) is 0.321. The highest BCUT2D eigenvalue weighted by Gasteiger charge is 2.21. The van der Waals surface area contributed by atoms with Crippen LogP contribution in [0, 0.1) is 6.92 Å². The first kappa shape index (κ1) is 19.3. The first-order valence-electron chi connectivity index (χ1n) is 10.5. The standard InChI is InChI=1S/C27H22O4/c1-17-25(15-14-22-21-8-5-9-23(21)27(29)31-26(17)22)30-16-24(28)20-12-10-19(11-13-20)18-6-3-2-4-7-18/h2-4,6-7,10-15H,5,8-9,16H2,1H3. The molecule has 0 atom stereocenters. The van der Waals surface area contributed by atoms with E-state index in [2.05, 4.69) is 0 Å². The van der Waals surface area contributed by atoms with Crippen LogP contribution in [0.3, 0.4) is 0 Å². The third-order valence-corrected chi connectivity index (χ3v) is 6.01. The van der Waals surface area contributed by atoms with Crippen molar-refractivity contribution in [1.29, 1.82) is 0 Å². The molecule has 0 bridgehead atoms. The minimum Gasteiger partial charge on any atom is -0.485 e. The second kappa shape index (κ2) is 7.88. The van der Waals surface area contributed by atoms with Gasteiger partial charge in [0.25, 0.3) is 0 Å². The van der Waals surface area contributed by atoms with E-state index >= 15 is 0 Å². The smallest absolute Gasteiger partial charge is 0.339 e. The largest absolute Gasteiger partial charge is 0.485 e. The summed E-state index contributed by atoms with van der Waals surface area (Å²) in [6.07, 6.45) is 2.66. The lowest BCUT2D eigenvalue weighted by Crippen LogP contribution is -2.12. The lowest BCUT2D eigenvalue weighted by Gasteiger charge is -2.12. The first-order chi connectivity index (χ1) is 15.1. The molecule has 3 aromatic carbocycles. The summed E-state index contributed by atoms with van der Waals surface area (Å²) in [4.78, 5) is 25.0. The molecule has 0 aliphatic heterocycles. The lowest BCUT2D eigenvalue weighted by atomic mass is 10.0. The van der Waals surface area contributed by atoms with Crippen LogP contribution in [0.25, 0.3) is 22.1 Å². The Bertz CT molecular complexity index is 1330. The van der Waals surface area contributed by atoms with Crippen molar-refractivity contribution in [2.75, 3.05) is 6.61 Å². The van der Waals surface area contributed by atoms with Crippen LogP contribution in [0.2, 0.25) is 0 Å². The molecule has 1 aliphatic rings. The average molecular weight is 410 g/mol. The van der Waals surface area contributed by atoms with Crippen molar-refractivity contribution in [3.63, 3.8) is 0 Å². The molecule has 0 fully saturated rings. The molecule has 31 heavy (non-hydrogen) atoms. The van der Waals surface area contributed by atoms with Crippen molar-refractivity contribution in [1.82, 2.24) is 0 Å². The highest BCUT2D eigenvalue weighted by molar-refractivity contribution is 5.97. The van der Waals surface area contributed by atoms with E-state index < -0.39 is 0 Å². The highest BCUT2D eigenvalue weighted by Crippen LogP contribution is 2.33. The van der Waals surface area contributed by atoms with Crippen molar-refractivity contribution < 1.29 is 13.9 Å². The SMILES string of the molecule is Cc1c(OCC(=O)c2ccc(-c3ccccc3)cc2)ccc2c3c(c(=O)oc12)CCC3. The monoisotopic (exact) mass is 410 g/mol. The van der Waals surface area contributed by atoms with Gasteiger partial charge in [-0.25, -0.2) is 4.79 Å². The molecule has 4 aromatic rings. The summed E-state index contributed by atoms with van der Waals surface area (Å²) in [5, 5.41) is 0.972. The van der Waals surface area contributed by atoms with Crippen LogP contribution >= 0.6 is 0 Å². The summed E-state index contributed by atoms with van der Waals surface area (Å²) < 4.78 is 11.4. The maximum Gasteiger partial charge on any atom is 0.339 e. The normalized spacial score (nSPS) is 12.7. The van der Waals surface area contributed by atoms with Gasteiger partial charge < -0.3 is 9.15 Å². The van der Waals surface area contributed by atoms with Gasteiger partial charge in [0, 0.05) is 22.1 Å². The fraction of sp³-hybridized carbons (Fsp3) is 0.185. The Morgan fingerprint density at radius 3 is 2.39 bits per heavy atom. The van der Waals surface area contributed by atoms with Crippen LogP contribution in [0.5, 0.6) is 5.75 Å². The predicted molar refractivity (Wildman–Crippen MR) is 121 cm³/mol. The van der Waals surface area contributed by atoms with Gasteiger partial charge in [0.1, 0.15) is 11.3 Å². The van der Waals surface area contributed by atoms with E-state index in [0.717, 1.165) is 52.5 Å². The van der Waals surface area contributed by atoms with Gasteiger partial charge in [0.15, 0.2) is 12.4 Å². The molecule has 4 heteroatoms. The molecule has 4 nitrogen and oxygen atoms in total. The molecule has 0 unspecified atom stereocenters. The Labute approximate surface area is 180 Å². The summed E-state index contributed by atoms with van der Waals surface area (Å²) >= 11 is 0. The summed E-state index contributed by atoms with van der Waals surface area (Å²) in [5.74, 6) is 0.456. The maximum absolute atomic E-state index is 12.6. The number of ether oxygens (including phenoxy) is 1. The lowest BCUT2D eigenvalue weighted by molar-refractivity contribution is 0.0921. The second-order valence-electron chi connectivity index (χ2n) is 7.92. The number of aryl methyl sites for hydroxylation is 2. The number of fused-ring (bicyclic) bond motifs is 3. The molecule has 0 saturated carbocycles. The Hall–Kier alpha value is -3.66. The molecule has 0 N–H and O–H groups in total. The van der Waals surface area contributed by atoms with E-state index in [4.69, 9.17) is 9.15 Å². The third kappa shape index (κ3) is 3.55. The molecule has 1 aliphatic carbocycles. The van der Waals surface area contributed by atoms with E-state index in [0.29, 0.717) is 16.9 Å². The Kier molecular flexibility index (Phi) is 4.91. The van der Waals surface area contributed by atoms with Gasteiger partial charge >= 0.3 is 5.63 Å². The van der Waals surface area contributed by atoms with Crippen molar-refractivity contribution in [3.8, 4) is 16.9 Å². The van der Waals surface area contributed by atoms with Crippen molar-refractivity contribution in [3.05, 3.63) is 99.4 Å². The number of Topliss-reactive ketones (excluding diaryl/α,β-unsaturated/α-hetero) is 1. The average Bonchev–Trinajstić information content (AvgIpc) is 3.31. The molecule has 0 amide bonds. The topological polar surface area (TPSA) is 56.5 Å². The second-order valence-corrected chi connectivity index (χ2v) is 7.92.